The summed E-state index contributed by atoms with van der Waals surface area (Å²) < 4.78 is 28.3. The first-order valence-corrected chi connectivity index (χ1v) is 15.1. The van der Waals surface area contributed by atoms with Crippen LogP contribution in [0.1, 0.15) is 49.0 Å². The summed E-state index contributed by atoms with van der Waals surface area (Å²) in [5.74, 6) is 0.449. The molecule has 35 heavy (non-hydrogen) atoms. The first-order chi connectivity index (χ1) is 17.0. The Balaban J connectivity index is 1.25. The zero-order valence-electron chi connectivity index (χ0n) is 19.2. The summed E-state index contributed by atoms with van der Waals surface area (Å²) in [6.07, 6.45) is 9.61. The Labute approximate surface area is 213 Å². The third-order valence-electron chi connectivity index (χ3n) is 6.11. The molecule has 1 aromatic carbocycles. The number of sulfonamides is 1. The van der Waals surface area contributed by atoms with Crippen LogP contribution in [0.3, 0.4) is 0 Å². The average Bonchev–Trinajstić information content (AvgIpc) is 3.05. The van der Waals surface area contributed by atoms with E-state index >= 15 is 0 Å². The van der Waals surface area contributed by atoms with E-state index in [0.717, 1.165) is 47.3 Å². The van der Waals surface area contributed by atoms with Crippen molar-refractivity contribution in [2.45, 2.75) is 61.3 Å². The van der Waals surface area contributed by atoms with E-state index in [2.05, 4.69) is 25.0 Å². The van der Waals surface area contributed by atoms with Crippen LogP contribution in [0.5, 0.6) is 0 Å². The van der Waals surface area contributed by atoms with Crippen molar-refractivity contribution >= 4 is 60.8 Å². The van der Waals surface area contributed by atoms with Crippen LogP contribution in [0.25, 0.3) is 10.2 Å². The summed E-state index contributed by atoms with van der Waals surface area (Å²) in [4.78, 5) is 28.4. The van der Waals surface area contributed by atoms with Gasteiger partial charge in [0.15, 0.2) is 0 Å². The summed E-state index contributed by atoms with van der Waals surface area (Å²) in [5.41, 5.74) is 1.77. The number of benzene rings is 1. The number of nitrogens with zero attached hydrogens (tertiary/aromatic N) is 3. The van der Waals surface area contributed by atoms with E-state index in [1.165, 1.54) is 47.2 Å². The van der Waals surface area contributed by atoms with Gasteiger partial charge in [-0.05, 0) is 62.3 Å². The molecule has 0 spiro atoms. The topological polar surface area (TPSA) is 113 Å². The van der Waals surface area contributed by atoms with Gasteiger partial charge in [-0.1, -0.05) is 24.2 Å². The molecule has 2 aliphatic rings. The molecular weight excluding hydrogens is 502 g/mol. The predicted molar refractivity (Wildman–Crippen MR) is 141 cm³/mol. The summed E-state index contributed by atoms with van der Waals surface area (Å²) >= 11 is 3.12. The number of aromatic nitrogens is 2. The van der Waals surface area contributed by atoms with E-state index < -0.39 is 10.0 Å². The number of hydrogen-bond donors (Lipinski definition) is 2. The molecule has 0 fully saturated rings. The average molecular weight is 530 g/mol. The van der Waals surface area contributed by atoms with Crippen LogP contribution in [0, 0.1) is 0 Å². The molecule has 1 aliphatic heterocycles. The zero-order chi connectivity index (χ0) is 24.3. The first-order valence-electron chi connectivity index (χ1n) is 11.8. The van der Waals surface area contributed by atoms with Gasteiger partial charge in [-0.15, -0.1) is 11.3 Å². The van der Waals surface area contributed by atoms with Crippen molar-refractivity contribution in [1.29, 1.82) is 0 Å². The number of rotatable bonds is 6. The summed E-state index contributed by atoms with van der Waals surface area (Å²) in [6, 6.07) is 6.29. The van der Waals surface area contributed by atoms with Crippen LogP contribution in [-0.2, 0) is 27.7 Å². The normalized spacial score (nSPS) is 16.3. The van der Waals surface area contributed by atoms with E-state index in [-0.39, 0.29) is 16.6 Å². The lowest BCUT2D eigenvalue weighted by molar-refractivity contribution is -0.113. The van der Waals surface area contributed by atoms with Crippen molar-refractivity contribution in [2.24, 2.45) is 4.99 Å². The van der Waals surface area contributed by atoms with E-state index in [1.54, 1.807) is 29.8 Å². The number of nitrogens with one attached hydrogen (secondary N) is 2. The molecule has 3 aromatic rings. The van der Waals surface area contributed by atoms with Crippen molar-refractivity contribution in [3.63, 3.8) is 0 Å². The van der Waals surface area contributed by atoms with Crippen LogP contribution in [0.2, 0.25) is 0 Å². The smallest absolute Gasteiger partial charge is 0.262 e. The van der Waals surface area contributed by atoms with E-state index in [9.17, 15) is 13.2 Å². The second kappa shape index (κ2) is 10.6. The standard InChI is InChI=1S/C24H27N5O3S3/c30-21(14-33-23-22-18-9-3-4-10-19(18)34-24(22)27-15-26-23)28-16-7-6-8-17(13-16)35(31,32)29-20-11-2-1-5-12-25-20/h6-8,13,15H,1-5,9-12,14H2,(H,25,29)(H,28,30). The highest BCUT2D eigenvalue weighted by atomic mass is 32.2. The van der Waals surface area contributed by atoms with Gasteiger partial charge in [0, 0.05) is 28.9 Å². The molecule has 184 valence electrons. The molecule has 0 saturated heterocycles. The van der Waals surface area contributed by atoms with Gasteiger partial charge >= 0.3 is 0 Å². The maximum atomic E-state index is 12.9. The van der Waals surface area contributed by atoms with Crippen LogP contribution in [0.4, 0.5) is 5.69 Å². The maximum absolute atomic E-state index is 12.9. The largest absolute Gasteiger partial charge is 0.325 e. The minimum absolute atomic E-state index is 0.0947. The highest BCUT2D eigenvalue weighted by molar-refractivity contribution is 8.00. The van der Waals surface area contributed by atoms with Gasteiger partial charge in [0.2, 0.25) is 5.91 Å². The second-order valence-corrected chi connectivity index (χ2v) is 12.4. The molecule has 1 aliphatic carbocycles. The Bertz CT molecular complexity index is 1380. The zero-order valence-corrected chi connectivity index (χ0v) is 21.7. The fourth-order valence-corrected chi connectivity index (χ4v) is 7.67. The summed E-state index contributed by atoms with van der Waals surface area (Å²) in [7, 11) is -3.77. The number of fused-ring (bicyclic) bond motifs is 3. The Morgan fingerprint density at radius 3 is 2.83 bits per heavy atom. The number of amides is 1. The highest BCUT2D eigenvalue weighted by Crippen LogP contribution is 2.39. The van der Waals surface area contributed by atoms with Gasteiger partial charge in [0.1, 0.15) is 22.0 Å². The predicted octanol–water partition coefficient (Wildman–Crippen LogP) is 4.55. The molecule has 0 radical (unpaired) electrons. The fourth-order valence-electron chi connectivity index (χ4n) is 4.41. The number of carbonyl (C=O) groups is 1. The Morgan fingerprint density at radius 1 is 1.06 bits per heavy atom. The van der Waals surface area contributed by atoms with Gasteiger partial charge in [-0.25, -0.2) is 18.4 Å². The van der Waals surface area contributed by atoms with Gasteiger partial charge < -0.3 is 5.32 Å². The molecule has 11 heteroatoms. The quantitative estimate of drug-likeness (QED) is 0.358. The lowest BCUT2D eigenvalue weighted by atomic mass is 9.97. The van der Waals surface area contributed by atoms with Crippen LogP contribution < -0.4 is 10.0 Å². The van der Waals surface area contributed by atoms with E-state index in [4.69, 9.17) is 0 Å². The third-order valence-corrected chi connectivity index (χ3v) is 9.68. The monoisotopic (exact) mass is 529 g/mol. The van der Waals surface area contributed by atoms with Crippen molar-refractivity contribution in [2.75, 3.05) is 17.6 Å². The van der Waals surface area contributed by atoms with Crippen molar-refractivity contribution < 1.29 is 13.2 Å². The SMILES string of the molecule is O=C(CSc1ncnc2sc3c(c12)CCCC3)Nc1cccc(S(=O)(=O)NC2=NCCCCC2)c1. The van der Waals surface area contributed by atoms with E-state index in [0.29, 0.717) is 24.5 Å². The molecular formula is C24H27N5O3S3. The number of thioether (sulfide) groups is 1. The van der Waals surface area contributed by atoms with Crippen molar-refractivity contribution in [1.82, 2.24) is 14.7 Å². The van der Waals surface area contributed by atoms with Crippen LogP contribution in [-0.4, -0.2) is 42.4 Å². The summed E-state index contributed by atoms with van der Waals surface area (Å²) in [5, 5.41) is 4.74. The molecule has 0 saturated carbocycles. The third kappa shape index (κ3) is 5.68. The Morgan fingerprint density at radius 2 is 1.91 bits per heavy atom. The van der Waals surface area contributed by atoms with Crippen LogP contribution >= 0.6 is 23.1 Å². The molecule has 2 N–H and O–H groups in total. The lowest BCUT2D eigenvalue weighted by Crippen LogP contribution is -2.30. The Hall–Kier alpha value is -2.50. The van der Waals surface area contributed by atoms with Gasteiger partial charge in [0.25, 0.3) is 10.0 Å². The Kier molecular flexibility index (Phi) is 7.35. The molecule has 3 heterocycles. The van der Waals surface area contributed by atoms with Crippen molar-refractivity contribution in [3.05, 3.63) is 41.0 Å². The molecule has 5 rings (SSSR count). The highest BCUT2D eigenvalue weighted by Gasteiger charge is 2.21. The van der Waals surface area contributed by atoms with Crippen molar-refractivity contribution in [3.8, 4) is 0 Å². The first kappa shape index (κ1) is 24.2. The van der Waals surface area contributed by atoms with Gasteiger partial charge in [-0.2, -0.15) is 0 Å². The number of hydrogen-bond acceptors (Lipinski definition) is 8. The molecule has 0 bridgehead atoms. The second-order valence-electron chi connectivity index (χ2n) is 8.68. The number of amidine groups is 1. The lowest BCUT2D eigenvalue weighted by Gasteiger charge is -2.12. The molecule has 0 atom stereocenters. The maximum Gasteiger partial charge on any atom is 0.262 e. The molecule has 1 amide bonds. The number of anilines is 1. The van der Waals surface area contributed by atoms with E-state index in [1.807, 2.05) is 0 Å². The van der Waals surface area contributed by atoms with Crippen LogP contribution in [0.15, 0.2) is 45.5 Å². The minimum atomic E-state index is -3.77. The molecule has 0 unspecified atom stereocenters. The number of carbonyl (C=O) groups excluding carboxylic acids is 1. The number of aliphatic imine (C=N–C) groups is 1. The number of thiophene rings is 1. The molecule has 8 nitrogen and oxygen atoms in total. The fraction of sp³-hybridized carbons (Fsp3) is 0.417. The van der Waals surface area contributed by atoms with Gasteiger partial charge in [-0.3, -0.25) is 14.5 Å². The van der Waals surface area contributed by atoms with Gasteiger partial charge in [0.05, 0.1) is 10.6 Å². The minimum Gasteiger partial charge on any atom is -0.325 e. The number of aryl methyl sites for hydroxylation is 2. The summed E-state index contributed by atoms with van der Waals surface area (Å²) in [6.45, 7) is 0.637. The molecule has 2 aromatic heterocycles.